The Hall–Kier alpha value is -0.730. The van der Waals surface area contributed by atoms with Gasteiger partial charge in [-0.05, 0) is 24.1 Å². The SMILES string of the molecule is CC(Cc1c(Cl)cccc1Cl)C(=O)O. The monoisotopic (exact) mass is 232 g/mol. The van der Waals surface area contributed by atoms with Gasteiger partial charge < -0.3 is 5.11 Å². The van der Waals surface area contributed by atoms with Crippen molar-refractivity contribution in [1.82, 2.24) is 0 Å². The van der Waals surface area contributed by atoms with Gasteiger partial charge >= 0.3 is 5.97 Å². The molecular weight excluding hydrogens is 223 g/mol. The van der Waals surface area contributed by atoms with Crippen molar-refractivity contribution >= 4 is 29.2 Å². The quantitative estimate of drug-likeness (QED) is 0.869. The van der Waals surface area contributed by atoms with Gasteiger partial charge in [-0.15, -0.1) is 0 Å². The lowest BCUT2D eigenvalue weighted by Gasteiger charge is -2.09. The Morgan fingerprint density at radius 3 is 2.36 bits per heavy atom. The summed E-state index contributed by atoms with van der Waals surface area (Å²) in [4.78, 5) is 10.6. The fourth-order valence-electron chi connectivity index (χ4n) is 1.12. The second-order valence-corrected chi connectivity index (χ2v) is 3.96. The molecule has 1 aromatic carbocycles. The summed E-state index contributed by atoms with van der Waals surface area (Å²) in [6.45, 7) is 1.63. The summed E-state index contributed by atoms with van der Waals surface area (Å²) < 4.78 is 0. The summed E-state index contributed by atoms with van der Waals surface area (Å²) in [5.41, 5.74) is 0.700. The Morgan fingerprint density at radius 2 is 1.93 bits per heavy atom. The number of aliphatic carboxylic acids is 1. The highest BCUT2D eigenvalue weighted by Crippen LogP contribution is 2.26. The van der Waals surface area contributed by atoms with Crippen LogP contribution in [0.4, 0.5) is 0 Å². The van der Waals surface area contributed by atoms with Gasteiger partial charge in [0.25, 0.3) is 0 Å². The van der Waals surface area contributed by atoms with E-state index in [1.165, 1.54) is 0 Å². The Balaban J connectivity index is 2.91. The first-order valence-corrected chi connectivity index (χ1v) is 4.93. The first-order chi connectivity index (χ1) is 6.52. The van der Waals surface area contributed by atoms with Crippen molar-refractivity contribution in [1.29, 1.82) is 0 Å². The maximum atomic E-state index is 10.6. The van der Waals surface area contributed by atoms with E-state index >= 15 is 0 Å². The van der Waals surface area contributed by atoms with Crippen LogP contribution in [0, 0.1) is 5.92 Å². The number of benzene rings is 1. The fourth-order valence-corrected chi connectivity index (χ4v) is 1.67. The van der Waals surface area contributed by atoms with Crippen molar-refractivity contribution in [2.75, 3.05) is 0 Å². The van der Waals surface area contributed by atoms with Gasteiger partial charge in [-0.1, -0.05) is 36.2 Å². The number of carbonyl (C=O) groups is 1. The zero-order chi connectivity index (χ0) is 10.7. The van der Waals surface area contributed by atoms with E-state index in [-0.39, 0.29) is 0 Å². The van der Waals surface area contributed by atoms with Crippen molar-refractivity contribution in [3.05, 3.63) is 33.8 Å². The number of hydrogen-bond donors (Lipinski definition) is 1. The molecule has 4 heteroatoms. The third-order valence-corrected chi connectivity index (χ3v) is 2.70. The third-order valence-electron chi connectivity index (χ3n) is 1.99. The lowest BCUT2D eigenvalue weighted by atomic mass is 10.0. The molecule has 1 aromatic rings. The molecule has 1 rings (SSSR count). The molecule has 0 fully saturated rings. The van der Waals surface area contributed by atoms with E-state index < -0.39 is 11.9 Å². The molecule has 0 saturated carbocycles. The van der Waals surface area contributed by atoms with Gasteiger partial charge in [-0.3, -0.25) is 4.79 Å². The van der Waals surface area contributed by atoms with Crippen molar-refractivity contribution < 1.29 is 9.90 Å². The average Bonchev–Trinajstić information content (AvgIpc) is 2.11. The maximum absolute atomic E-state index is 10.6. The lowest BCUT2D eigenvalue weighted by Crippen LogP contribution is -2.12. The van der Waals surface area contributed by atoms with Gasteiger partial charge in [0, 0.05) is 10.0 Å². The van der Waals surface area contributed by atoms with E-state index in [4.69, 9.17) is 28.3 Å². The normalized spacial score (nSPS) is 12.5. The van der Waals surface area contributed by atoms with Crippen LogP contribution in [0.2, 0.25) is 10.0 Å². The first-order valence-electron chi connectivity index (χ1n) is 4.18. The van der Waals surface area contributed by atoms with Crippen LogP contribution in [0.5, 0.6) is 0 Å². The molecule has 76 valence electrons. The second kappa shape index (κ2) is 4.67. The van der Waals surface area contributed by atoms with Gasteiger partial charge in [0.05, 0.1) is 5.92 Å². The minimum atomic E-state index is -0.846. The average molecular weight is 233 g/mol. The highest BCUT2D eigenvalue weighted by atomic mass is 35.5. The number of carboxylic acid groups (broad SMARTS) is 1. The molecule has 2 nitrogen and oxygen atoms in total. The molecule has 0 radical (unpaired) electrons. The Bertz CT molecular complexity index is 330. The summed E-state index contributed by atoms with van der Waals surface area (Å²) in [6.07, 6.45) is 0.355. The van der Waals surface area contributed by atoms with Crippen LogP contribution in [-0.4, -0.2) is 11.1 Å². The molecule has 1 atom stereocenters. The molecule has 1 N–H and O–H groups in total. The summed E-state index contributed by atoms with van der Waals surface area (Å²) in [5, 5.41) is 9.78. The van der Waals surface area contributed by atoms with Crippen molar-refractivity contribution in [2.45, 2.75) is 13.3 Å². The Kier molecular flexibility index (Phi) is 3.78. The molecule has 0 saturated heterocycles. The van der Waals surface area contributed by atoms with E-state index in [1.807, 2.05) is 0 Å². The van der Waals surface area contributed by atoms with Crippen LogP contribution in [0.3, 0.4) is 0 Å². The van der Waals surface area contributed by atoms with Crippen LogP contribution in [0.15, 0.2) is 18.2 Å². The molecule has 0 aromatic heterocycles. The Morgan fingerprint density at radius 1 is 1.43 bits per heavy atom. The van der Waals surface area contributed by atoms with Gasteiger partial charge in [-0.2, -0.15) is 0 Å². The van der Waals surface area contributed by atoms with Gasteiger partial charge in [0.15, 0.2) is 0 Å². The lowest BCUT2D eigenvalue weighted by molar-refractivity contribution is -0.141. The van der Waals surface area contributed by atoms with E-state index in [2.05, 4.69) is 0 Å². The van der Waals surface area contributed by atoms with Crippen molar-refractivity contribution in [2.24, 2.45) is 5.92 Å². The minimum Gasteiger partial charge on any atom is -0.481 e. The predicted octanol–water partition coefficient (Wildman–Crippen LogP) is 3.26. The van der Waals surface area contributed by atoms with E-state index in [1.54, 1.807) is 25.1 Å². The molecule has 0 aliphatic heterocycles. The van der Waals surface area contributed by atoms with Gasteiger partial charge in [0.2, 0.25) is 0 Å². The summed E-state index contributed by atoms with van der Waals surface area (Å²) in [5.74, 6) is -1.33. The molecule has 0 aliphatic rings. The first kappa shape index (κ1) is 11.3. The Labute approximate surface area is 92.5 Å². The third kappa shape index (κ3) is 2.63. The molecule has 0 amide bonds. The summed E-state index contributed by atoms with van der Waals surface area (Å²) in [7, 11) is 0. The molecule has 0 heterocycles. The molecule has 0 bridgehead atoms. The fraction of sp³-hybridized carbons (Fsp3) is 0.300. The topological polar surface area (TPSA) is 37.3 Å². The van der Waals surface area contributed by atoms with Crippen molar-refractivity contribution in [3.8, 4) is 0 Å². The number of hydrogen-bond acceptors (Lipinski definition) is 1. The molecular formula is C10H10Cl2O2. The van der Waals surface area contributed by atoms with Crippen LogP contribution >= 0.6 is 23.2 Å². The van der Waals surface area contributed by atoms with E-state index in [9.17, 15) is 4.79 Å². The zero-order valence-electron chi connectivity index (χ0n) is 7.63. The van der Waals surface area contributed by atoms with E-state index in [0.29, 0.717) is 22.0 Å². The standard InChI is InChI=1S/C10H10Cl2O2/c1-6(10(13)14)5-7-8(11)3-2-4-9(7)12/h2-4,6H,5H2,1H3,(H,13,14). The summed E-state index contributed by atoms with van der Waals surface area (Å²) >= 11 is 11.8. The largest absolute Gasteiger partial charge is 0.481 e. The number of halogens is 2. The van der Waals surface area contributed by atoms with Crippen LogP contribution < -0.4 is 0 Å². The van der Waals surface area contributed by atoms with Gasteiger partial charge in [-0.25, -0.2) is 0 Å². The molecule has 0 spiro atoms. The zero-order valence-corrected chi connectivity index (χ0v) is 9.14. The maximum Gasteiger partial charge on any atom is 0.306 e. The smallest absolute Gasteiger partial charge is 0.306 e. The second-order valence-electron chi connectivity index (χ2n) is 3.14. The highest BCUT2D eigenvalue weighted by Gasteiger charge is 2.15. The van der Waals surface area contributed by atoms with Crippen LogP contribution in [0.1, 0.15) is 12.5 Å². The molecule has 1 unspecified atom stereocenters. The van der Waals surface area contributed by atoms with Gasteiger partial charge in [0.1, 0.15) is 0 Å². The number of carboxylic acids is 1. The number of rotatable bonds is 3. The van der Waals surface area contributed by atoms with E-state index in [0.717, 1.165) is 0 Å². The van der Waals surface area contributed by atoms with Crippen LogP contribution in [-0.2, 0) is 11.2 Å². The molecule has 14 heavy (non-hydrogen) atoms. The van der Waals surface area contributed by atoms with Crippen molar-refractivity contribution in [3.63, 3.8) is 0 Å². The molecule has 0 aliphatic carbocycles. The predicted molar refractivity (Wildman–Crippen MR) is 57.0 cm³/mol. The van der Waals surface area contributed by atoms with Crippen LogP contribution in [0.25, 0.3) is 0 Å². The minimum absolute atomic E-state index is 0.355. The summed E-state index contributed by atoms with van der Waals surface area (Å²) in [6, 6.07) is 5.15. The highest BCUT2D eigenvalue weighted by molar-refractivity contribution is 6.36.